The van der Waals surface area contributed by atoms with E-state index in [0.29, 0.717) is 16.1 Å². The van der Waals surface area contributed by atoms with Crippen LogP contribution in [0.5, 0.6) is 11.5 Å². The van der Waals surface area contributed by atoms with Gasteiger partial charge in [-0.1, -0.05) is 37.6 Å². The second-order valence-electron chi connectivity index (χ2n) is 6.17. The molecule has 0 saturated carbocycles. The third kappa shape index (κ3) is 5.53. The number of aromatic nitrogens is 3. The number of ether oxygens (including phenoxy) is 1. The van der Waals surface area contributed by atoms with Crippen molar-refractivity contribution in [2.75, 3.05) is 7.11 Å². The van der Waals surface area contributed by atoms with E-state index in [1.54, 1.807) is 24.3 Å². The van der Waals surface area contributed by atoms with E-state index in [-0.39, 0.29) is 35.2 Å². The molecule has 7 nitrogen and oxygen atoms in total. The first kappa shape index (κ1) is 26.3. The Labute approximate surface area is 197 Å². The number of hydrogen-bond acceptors (Lipinski definition) is 6. The van der Waals surface area contributed by atoms with Crippen LogP contribution in [0.1, 0.15) is 41.9 Å². The third-order valence-corrected chi connectivity index (χ3v) is 5.91. The van der Waals surface area contributed by atoms with Crippen LogP contribution in [0, 0.1) is 0 Å². The molecule has 0 fully saturated rings. The summed E-state index contributed by atoms with van der Waals surface area (Å²) in [7, 11) is 1.43. The normalized spacial score (nSPS) is 14.3. The molecule has 0 aliphatic carbocycles. The van der Waals surface area contributed by atoms with E-state index >= 15 is 0 Å². The second kappa shape index (κ2) is 11.3. The molecule has 178 valence electrons. The minimum atomic E-state index is -4.66. The molecule has 12 heteroatoms. The summed E-state index contributed by atoms with van der Waals surface area (Å²) < 4.78 is 46.6. The number of halogens is 4. The monoisotopic (exact) mass is 503 g/mol. The lowest BCUT2D eigenvalue weighted by molar-refractivity contribution is -0.146. The van der Waals surface area contributed by atoms with Crippen LogP contribution >= 0.6 is 23.4 Å². The van der Waals surface area contributed by atoms with Gasteiger partial charge in [-0.15, -0.1) is 22.0 Å². The lowest BCUT2D eigenvalue weighted by Gasteiger charge is -2.20. The number of carbonyl (C=O) groups is 1. The molecule has 0 saturated heterocycles. The standard InChI is InChI=1S/C18H13ClF3N3O2S.C2H6.CH2O2/c1-27-13-4-2-3-10(15(13)26)16-11-7-9(19)5-6-12(11)25-14(8-28-16)23-24-17(25)18(20,21)22;1-2;2-1-3/h2-7,16,26H,8H2,1H3;1-2H3;1H,(H,2,3)/t16-;;/m1../s1. The highest BCUT2D eigenvalue weighted by molar-refractivity contribution is 7.99. The van der Waals surface area contributed by atoms with E-state index in [0.717, 1.165) is 4.57 Å². The van der Waals surface area contributed by atoms with E-state index < -0.39 is 17.3 Å². The summed E-state index contributed by atoms with van der Waals surface area (Å²) in [6.07, 6.45) is -4.66. The Bertz CT molecular complexity index is 1110. The first-order valence-corrected chi connectivity index (χ1v) is 11.0. The maximum atomic E-state index is 13.5. The minimum Gasteiger partial charge on any atom is -0.504 e. The van der Waals surface area contributed by atoms with Crippen LogP contribution in [0.2, 0.25) is 5.02 Å². The third-order valence-electron chi connectivity index (χ3n) is 4.41. The Morgan fingerprint density at radius 1 is 1.21 bits per heavy atom. The van der Waals surface area contributed by atoms with Crippen LogP contribution in [0.25, 0.3) is 5.69 Å². The first-order valence-electron chi connectivity index (χ1n) is 9.59. The fourth-order valence-electron chi connectivity index (χ4n) is 3.21. The SMILES string of the molecule is CC.COc1cccc([C@H]2SCc3nnc(C(F)(F)F)n3-c3ccc(Cl)cc32)c1O.O=CO. The number of fused-ring (bicyclic) bond motifs is 3. The Morgan fingerprint density at radius 3 is 2.48 bits per heavy atom. The van der Waals surface area contributed by atoms with Crippen molar-refractivity contribution in [3.63, 3.8) is 0 Å². The maximum absolute atomic E-state index is 13.5. The van der Waals surface area contributed by atoms with Crippen LogP contribution in [0.15, 0.2) is 36.4 Å². The smallest absolute Gasteiger partial charge is 0.452 e. The molecule has 4 rings (SSSR count). The van der Waals surface area contributed by atoms with Crippen molar-refractivity contribution < 1.29 is 32.9 Å². The highest BCUT2D eigenvalue weighted by Gasteiger charge is 2.41. The molecular weight excluding hydrogens is 483 g/mol. The van der Waals surface area contributed by atoms with Crippen LogP contribution < -0.4 is 4.74 Å². The van der Waals surface area contributed by atoms with Crippen LogP contribution in [-0.4, -0.2) is 38.6 Å². The van der Waals surface area contributed by atoms with Crippen LogP contribution in [0.4, 0.5) is 13.2 Å². The van der Waals surface area contributed by atoms with E-state index in [2.05, 4.69) is 10.2 Å². The molecule has 1 aliphatic rings. The lowest BCUT2D eigenvalue weighted by atomic mass is 10.0. The van der Waals surface area contributed by atoms with Gasteiger partial charge in [-0.25, -0.2) is 0 Å². The van der Waals surface area contributed by atoms with Gasteiger partial charge < -0.3 is 14.9 Å². The van der Waals surface area contributed by atoms with Gasteiger partial charge in [0.15, 0.2) is 11.5 Å². The molecule has 2 heterocycles. The molecule has 1 aliphatic heterocycles. The molecule has 0 spiro atoms. The molecule has 0 unspecified atom stereocenters. The van der Waals surface area contributed by atoms with Gasteiger partial charge in [0.2, 0.25) is 5.82 Å². The number of aromatic hydroxyl groups is 1. The number of carboxylic acid groups (broad SMARTS) is 1. The van der Waals surface area contributed by atoms with Crippen molar-refractivity contribution in [2.45, 2.75) is 31.0 Å². The number of hydrogen-bond donors (Lipinski definition) is 2. The molecule has 2 aromatic carbocycles. The summed E-state index contributed by atoms with van der Waals surface area (Å²) in [4.78, 5) is 8.36. The molecule has 33 heavy (non-hydrogen) atoms. The topological polar surface area (TPSA) is 97.5 Å². The number of para-hydroxylation sites is 1. The minimum absolute atomic E-state index is 0.0675. The molecule has 3 aromatic rings. The zero-order valence-electron chi connectivity index (χ0n) is 17.8. The van der Waals surface area contributed by atoms with Crippen molar-refractivity contribution in [2.24, 2.45) is 0 Å². The van der Waals surface area contributed by atoms with E-state index in [4.69, 9.17) is 26.2 Å². The first-order chi connectivity index (χ1) is 15.7. The van der Waals surface area contributed by atoms with Crippen molar-refractivity contribution >= 4 is 29.8 Å². The zero-order chi connectivity index (χ0) is 24.8. The fraction of sp³-hybridized carbons (Fsp3) is 0.286. The summed E-state index contributed by atoms with van der Waals surface area (Å²) in [6.45, 7) is 3.75. The largest absolute Gasteiger partial charge is 0.504 e. The van der Waals surface area contributed by atoms with Crippen LogP contribution in [-0.2, 0) is 16.7 Å². The highest BCUT2D eigenvalue weighted by Crippen LogP contribution is 2.49. The number of phenols is 1. The number of phenolic OH excluding ortho intramolecular Hbond substituents is 1. The molecular formula is C21H21ClF3N3O4S. The van der Waals surface area contributed by atoms with Crippen molar-refractivity contribution in [3.8, 4) is 17.2 Å². The van der Waals surface area contributed by atoms with E-state index in [9.17, 15) is 18.3 Å². The van der Waals surface area contributed by atoms with Gasteiger partial charge in [-0.2, -0.15) is 13.2 Å². The molecule has 1 atom stereocenters. The van der Waals surface area contributed by atoms with Gasteiger partial charge in [-0.05, 0) is 29.8 Å². The number of alkyl halides is 3. The Hall–Kier alpha value is -2.92. The van der Waals surface area contributed by atoms with E-state index in [1.807, 2.05) is 13.8 Å². The lowest BCUT2D eigenvalue weighted by Crippen LogP contribution is -2.15. The quantitative estimate of drug-likeness (QED) is 0.432. The summed E-state index contributed by atoms with van der Waals surface area (Å²) in [6, 6.07) is 9.65. The Kier molecular flexibility index (Phi) is 9.00. The number of methoxy groups -OCH3 is 1. The van der Waals surface area contributed by atoms with Gasteiger partial charge in [0.1, 0.15) is 5.82 Å². The number of nitrogens with zero attached hydrogens (tertiary/aromatic N) is 3. The predicted molar refractivity (Wildman–Crippen MR) is 119 cm³/mol. The van der Waals surface area contributed by atoms with Gasteiger partial charge in [0, 0.05) is 10.6 Å². The number of thioether (sulfide) groups is 1. The average molecular weight is 504 g/mol. The summed E-state index contributed by atoms with van der Waals surface area (Å²) in [5.74, 6) is -0.548. The summed E-state index contributed by atoms with van der Waals surface area (Å²) >= 11 is 7.48. The fourth-order valence-corrected chi connectivity index (χ4v) is 4.63. The molecule has 0 bridgehead atoms. The molecule has 1 aromatic heterocycles. The Morgan fingerprint density at radius 2 is 1.88 bits per heavy atom. The maximum Gasteiger partial charge on any atom is 0.452 e. The van der Waals surface area contributed by atoms with Crippen molar-refractivity contribution in [1.29, 1.82) is 0 Å². The second-order valence-corrected chi connectivity index (χ2v) is 7.70. The Balaban J connectivity index is 0.000000714. The summed E-state index contributed by atoms with van der Waals surface area (Å²) in [5.41, 5.74) is 1.30. The molecule has 2 N–H and O–H groups in total. The van der Waals surface area contributed by atoms with E-state index in [1.165, 1.54) is 31.0 Å². The molecule has 0 amide bonds. The van der Waals surface area contributed by atoms with Gasteiger partial charge in [-0.3, -0.25) is 9.36 Å². The summed E-state index contributed by atoms with van der Waals surface area (Å²) in [5, 5.41) is 24.5. The van der Waals surface area contributed by atoms with Crippen molar-refractivity contribution in [3.05, 3.63) is 64.2 Å². The highest BCUT2D eigenvalue weighted by atomic mass is 35.5. The molecule has 0 radical (unpaired) electrons. The average Bonchev–Trinajstić information content (AvgIpc) is 3.15. The van der Waals surface area contributed by atoms with Gasteiger partial charge >= 0.3 is 6.18 Å². The number of rotatable bonds is 2. The van der Waals surface area contributed by atoms with Gasteiger partial charge in [0.05, 0.1) is 23.8 Å². The number of benzene rings is 2. The van der Waals surface area contributed by atoms with Gasteiger partial charge in [0.25, 0.3) is 6.47 Å². The van der Waals surface area contributed by atoms with Crippen LogP contribution in [0.3, 0.4) is 0 Å². The zero-order valence-corrected chi connectivity index (χ0v) is 19.4. The van der Waals surface area contributed by atoms with Crippen molar-refractivity contribution in [1.82, 2.24) is 14.8 Å². The predicted octanol–water partition coefficient (Wildman–Crippen LogP) is 5.72.